The number of aromatic nitrogens is 2. The Kier molecular flexibility index (Phi) is 10.6. The molecule has 0 spiro atoms. The van der Waals surface area contributed by atoms with Crippen LogP contribution < -0.4 is 0 Å². The molecule has 0 aliphatic rings. The Bertz CT molecular complexity index is 2590. The topological polar surface area (TPSA) is 65.2 Å². The molecule has 52 heavy (non-hydrogen) atoms. The van der Waals surface area contributed by atoms with Gasteiger partial charge in [0.15, 0.2) is 0 Å². The van der Waals surface area contributed by atoms with Gasteiger partial charge in [0, 0.05) is 45.9 Å². The molecule has 11 rings (SSSR count). The molecule has 0 N–H and O–H groups in total. The van der Waals surface area contributed by atoms with Crippen molar-refractivity contribution in [2.24, 2.45) is 0 Å². The molecule has 0 unspecified atom stereocenters. The molecule has 0 saturated carbocycles. The monoisotopic (exact) mass is 850 g/mol. The number of benzene rings is 6. The first-order valence-electron chi connectivity index (χ1n) is 16.5. The molecular formula is C46H29IrN2O3. The predicted molar refractivity (Wildman–Crippen MR) is 205 cm³/mol. The maximum Gasteiger partial charge on any atom is 3.00 e. The normalized spacial score (nSPS) is 10.5. The van der Waals surface area contributed by atoms with Crippen LogP contribution in [-0.2, 0) is 20.1 Å². The molecule has 5 heterocycles. The molecular weight excluding hydrogens is 821 g/mol. The van der Waals surface area contributed by atoms with E-state index in [2.05, 4.69) is 46.4 Å². The second kappa shape index (κ2) is 16.1. The van der Waals surface area contributed by atoms with Gasteiger partial charge in [0.25, 0.3) is 0 Å². The molecule has 5 nitrogen and oxygen atoms in total. The van der Waals surface area contributed by atoms with Crippen molar-refractivity contribution >= 4 is 65.8 Å². The van der Waals surface area contributed by atoms with Crippen LogP contribution in [0.25, 0.3) is 77.1 Å². The van der Waals surface area contributed by atoms with Gasteiger partial charge in [-0.25, -0.2) is 0 Å². The van der Waals surface area contributed by atoms with Crippen molar-refractivity contribution in [2.45, 2.75) is 0 Å². The summed E-state index contributed by atoms with van der Waals surface area (Å²) in [7, 11) is 0. The molecule has 0 radical (unpaired) electrons. The van der Waals surface area contributed by atoms with Crippen LogP contribution in [0.2, 0.25) is 0 Å². The van der Waals surface area contributed by atoms with Gasteiger partial charge in [-0.3, -0.25) is 4.98 Å². The predicted octanol–water partition coefficient (Wildman–Crippen LogP) is 12.3. The third-order valence-electron chi connectivity index (χ3n) is 8.27. The Morgan fingerprint density at radius 3 is 1.40 bits per heavy atom. The van der Waals surface area contributed by atoms with Gasteiger partial charge in [-0.1, -0.05) is 94.5 Å². The van der Waals surface area contributed by atoms with E-state index in [4.69, 9.17) is 13.3 Å². The van der Waals surface area contributed by atoms with E-state index < -0.39 is 0 Å². The maximum absolute atomic E-state index is 5.97. The summed E-state index contributed by atoms with van der Waals surface area (Å²) in [5.41, 5.74) is 7.24. The first kappa shape index (κ1) is 34.1. The molecule has 5 aromatic heterocycles. The summed E-state index contributed by atoms with van der Waals surface area (Å²) in [6, 6.07) is 60.5. The third kappa shape index (κ3) is 7.26. The zero-order chi connectivity index (χ0) is 34.2. The van der Waals surface area contributed by atoms with Crippen LogP contribution in [0.15, 0.2) is 190 Å². The fourth-order valence-electron chi connectivity index (χ4n) is 5.94. The number of hydrogen-bond acceptors (Lipinski definition) is 5. The van der Waals surface area contributed by atoms with E-state index in [-0.39, 0.29) is 20.1 Å². The van der Waals surface area contributed by atoms with Gasteiger partial charge >= 0.3 is 20.1 Å². The second-order valence-electron chi connectivity index (χ2n) is 11.5. The fraction of sp³-hybridized carbons (Fsp3) is 0. The fourth-order valence-corrected chi connectivity index (χ4v) is 5.94. The van der Waals surface area contributed by atoms with Crippen molar-refractivity contribution in [2.75, 3.05) is 0 Å². The number of hydrogen-bond donors (Lipinski definition) is 0. The Morgan fingerprint density at radius 1 is 0.404 bits per heavy atom. The summed E-state index contributed by atoms with van der Waals surface area (Å²) in [5.74, 6) is 0. The van der Waals surface area contributed by atoms with Crippen molar-refractivity contribution in [3.8, 4) is 11.3 Å². The summed E-state index contributed by atoms with van der Waals surface area (Å²) in [6.45, 7) is 0. The van der Waals surface area contributed by atoms with Crippen LogP contribution >= 0.6 is 0 Å². The molecule has 6 heteroatoms. The van der Waals surface area contributed by atoms with Crippen LogP contribution in [0.5, 0.6) is 0 Å². The average Bonchev–Trinajstić information content (AvgIpc) is 3.91. The number of rotatable bonds is 1. The zero-order valence-electron chi connectivity index (χ0n) is 27.7. The molecule has 0 fully saturated rings. The Labute approximate surface area is 313 Å². The van der Waals surface area contributed by atoms with Crippen molar-refractivity contribution in [3.63, 3.8) is 0 Å². The van der Waals surface area contributed by atoms with Gasteiger partial charge in [-0.2, -0.15) is 36.4 Å². The van der Waals surface area contributed by atoms with Crippen LogP contribution in [0.3, 0.4) is 0 Å². The molecule has 250 valence electrons. The minimum atomic E-state index is 0. The van der Waals surface area contributed by atoms with Gasteiger partial charge in [-0.05, 0) is 42.1 Å². The first-order valence-corrected chi connectivity index (χ1v) is 16.5. The van der Waals surface area contributed by atoms with E-state index in [9.17, 15) is 0 Å². The van der Waals surface area contributed by atoms with E-state index in [0.29, 0.717) is 0 Å². The summed E-state index contributed by atoms with van der Waals surface area (Å²) in [6.07, 6.45) is 5.28. The van der Waals surface area contributed by atoms with Gasteiger partial charge < -0.3 is 18.2 Å². The number of nitrogens with zero attached hydrogens (tertiary/aromatic N) is 2. The minimum Gasteiger partial charge on any atom is -0.516 e. The Balaban J connectivity index is 0.000000114. The van der Waals surface area contributed by atoms with Crippen molar-refractivity contribution < 1.29 is 33.4 Å². The smallest absolute Gasteiger partial charge is 0.516 e. The van der Waals surface area contributed by atoms with Crippen molar-refractivity contribution in [1.29, 1.82) is 0 Å². The van der Waals surface area contributed by atoms with Crippen molar-refractivity contribution in [3.05, 3.63) is 195 Å². The molecule has 0 bridgehead atoms. The summed E-state index contributed by atoms with van der Waals surface area (Å²) >= 11 is 0. The molecule has 0 atom stereocenters. The van der Waals surface area contributed by atoms with E-state index in [1.807, 2.05) is 140 Å². The molecule has 0 saturated heterocycles. The first-order chi connectivity index (χ1) is 25.3. The van der Waals surface area contributed by atoms with Gasteiger partial charge in [-0.15, -0.1) is 30.3 Å². The largest absolute Gasteiger partial charge is 3.00 e. The average molecular weight is 850 g/mol. The second-order valence-corrected chi connectivity index (χ2v) is 11.5. The Hall–Kier alpha value is -6.33. The van der Waals surface area contributed by atoms with Crippen LogP contribution in [0.4, 0.5) is 0 Å². The summed E-state index contributed by atoms with van der Waals surface area (Å²) < 4.78 is 17.2. The molecule has 0 amide bonds. The zero-order valence-corrected chi connectivity index (χ0v) is 30.1. The maximum atomic E-state index is 5.97. The van der Waals surface area contributed by atoms with Crippen molar-refractivity contribution in [1.82, 2.24) is 9.97 Å². The van der Waals surface area contributed by atoms with Crippen LogP contribution in [0, 0.1) is 18.2 Å². The SMILES string of the molecule is [Ir+3].[c-]1ccc2c(c1)oc1ccccc12.[c-]1ccc2c(c1)oc1ccccc12.[c-]1ccc2c(oc3ccccc32)c1-c1ccccn1.c1ccncc1. The van der Waals surface area contributed by atoms with Gasteiger partial charge in [0.2, 0.25) is 0 Å². The van der Waals surface area contributed by atoms with E-state index >= 15 is 0 Å². The van der Waals surface area contributed by atoms with Crippen LogP contribution in [0.1, 0.15) is 0 Å². The van der Waals surface area contributed by atoms with Crippen LogP contribution in [-0.4, -0.2) is 9.97 Å². The quantitative estimate of drug-likeness (QED) is 0.154. The number of para-hydroxylation sites is 3. The summed E-state index contributed by atoms with van der Waals surface area (Å²) in [4.78, 5) is 8.16. The third-order valence-corrected chi connectivity index (χ3v) is 8.27. The molecule has 0 aliphatic heterocycles. The van der Waals surface area contributed by atoms with Gasteiger partial charge in [0.05, 0.1) is 5.58 Å². The number of fused-ring (bicyclic) bond motifs is 9. The standard InChI is InChI=1S/C17H10NO.2C12H7O.C5H5N.Ir/c1-2-10-16-12(6-1)13-7-5-8-14(17(13)19-16)15-9-3-4-11-18-15;2*1-3-7-11-9(5-1)10-6-2-4-8-12(10)13-11;1-2-4-6-5-3-1;/h1-7,9-11H;2*1-3,5-8H;1-5H;/q3*-1;;+3. The van der Waals surface area contributed by atoms with E-state index in [1.54, 1.807) is 18.6 Å². The molecule has 0 aliphatic carbocycles. The number of furan rings is 3. The summed E-state index contributed by atoms with van der Waals surface area (Å²) in [5, 5.41) is 6.90. The molecule has 11 aromatic rings. The molecule has 6 aromatic carbocycles. The number of pyridine rings is 2. The van der Waals surface area contributed by atoms with E-state index in [0.717, 1.165) is 66.3 Å². The Morgan fingerprint density at radius 2 is 0.885 bits per heavy atom. The minimum absolute atomic E-state index is 0. The van der Waals surface area contributed by atoms with Gasteiger partial charge in [0.1, 0.15) is 16.7 Å². The van der Waals surface area contributed by atoms with E-state index in [1.165, 1.54) is 10.8 Å².